The number of Topliss-reactive ketones (excluding diaryl/α,β-unsaturated/α-hetero) is 1. The highest BCUT2D eigenvalue weighted by molar-refractivity contribution is 7.92. The summed E-state index contributed by atoms with van der Waals surface area (Å²) in [5.74, 6) is -1.44. The Bertz CT molecular complexity index is 646. The quantitative estimate of drug-likeness (QED) is 0.592. The largest absolute Gasteiger partial charge is 0.469 e. The van der Waals surface area contributed by atoms with Gasteiger partial charge in [0.25, 0.3) is 0 Å². The fourth-order valence-corrected chi connectivity index (χ4v) is 3.15. The van der Waals surface area contributed by atoms with Gasteiger partial charge in [-0.1, -0.05) is 17.7 Å². The zero-order chi connectivity index (χ0) is 16.2. The molecule has 0 N–H and O–H groups in total. The maximum Gasteiger partial charge on any atom is 0.306 e. The molecular weight excluding hydrogens is 292 g/mol. The van der Waals surface area contributed by atoms with Gasteiger partial charge in [0, 0.05) is 5.56 Å². The number of benzene rings is 1. The van der Waals surface area contributed by atoms with Crippen molar-refractivity contribution >= 4 is 21.6 Å². The number of carbonyl (C=O) groups is 2. The predicted octanol–water partition coefficient (Wildman–Crippen LogP) is 1.85. The fourth-order valence-electron chi connectivity index (χ4n) is 1.89. The van der Waals surface area contributed by atoms with Gasteiger partial charge in [0.1, 0.15) is 5.25 Å². The number of esters is 1. The van der Waals surface area contributed by atoms with Crippen LogP contribution >= 0.6 is 0 Å². The van der Waals surface area contributed by atoms with Crippen molar-refractivity contribution in [3.63, 3.8) is 0 Å². The molecule has 0 heterocycles. The first-order valence-corrected chi connectivity index (χ1v) is 8.30. The molecule has 1 aromatic carbocycles. The van der Waals surface area contributed by atoms with Crippen LogP contribution in [0.15, 0.2) is 18.2 Å². The predicted molar refractivity (Wildman–Crippen MR) is 80.1 cm³/mol. The van der Waals surface area contributed by atoms with Crippen molar-refractivity contribution in [2.45, 2.75) is 32.4 Å². The summed E-state index contributed by atoms with van der Waals surface area (Å²) >= 11 is 0. The fraction of sp³-hybridized carbons (Fsp3) is 0.467. The summed E-state index contributed by atoms with van der Waals surface area (Å²) in [5, 5.41) is -1.18. The Labute approximate surface area is 125 Å². The van der Waals surface area contributed by atoms with Crippen molar-refractivity contribution < 1.29 is 22.7 Å². The van der Waals surface area contributed by atoms with Crippen molar-refractivity contribution in [3.8, 4) is 0 Å². The molecule has 1 rings (SSSR count). The van der Waals surface area contributed by atoms with Crippen LogP contribution in [0, 0.1) is 13.8 Å². The zero-order valence-electron chi connectivity index (χ0n) is 12.7. The molecule has 0 saturated carbocycles. The minimum atomic E-state index is -3.69. The molecule has 0 bridgehead atoms. The van der Waals surface area contributed by atoms with E-state index in [4.69, 9.17) is 0 Å². The molecule has 1 aromatic rings. The number of ketones is 1. The van der Waals surface area contributed by atoms with E-state index < -0.39 is 32.6 Å². The SMILES string of the molecule is COC(=O)CCS(=O)(=O)C(C)C(=O)c1cc(C)ccc1C. The number of rotatable bonds is 6. The third kappa shape index (κ3) is 4.39. The molecule has 0 spiro atoms. The van der Waals surface area contributed by atoms with Crippen molar-refractivity contribution in [2.24, 2.45) is 0 Å². The van der Waals surface area contributed by atoms with Gasteiger partial charge in [-0.3, -0.25) is 9.59 Å². The van der Waals surface area contributed by atoms with Gasteiger partial charge >= 0.3 is 5.97 Å². The summed E-state index contributed by atoms with van der Waals surface area (Å²) in [6.07, 6.45) is -0.247. The molecule has 5 nitrogen and oxygen atoms in total. The summed E-state index contributed by atoms with van der Waals surface area (Å²) in [6, 6.07) is 5.34. The molecule has 1 unspecified atom stereocenters. The van der Waals surface area contributed by atoms with Crippen LogP contribution in [-0.4, -0.2) is 38.3 Å². The molecule has 0 saturated heterocycles. The van der Waals surface area contributed by atoms with Gasteiger partial charge in [-0.2, -0.15) is 0 Å². The first kappa shape index (κ1) is 17.4. The standard InChI is InChI=1S/C15H20O5S/c1-10-5-6-11(2)13(9-10)15(17)12(3)21(18,19)8-7-14(16)20-4/h5-6,9,12H,7-8H2,1-4H3. The van der Waals surface area contributed by atoms with Crippen molar-refractivity contribution in [1.29, 1.82) is 0 Å². The number of ether oxygens (including phenoxy) is 1. The van der Waals surface area contributed by atoms with Gasteiger partial charge in [0.15, 0.2) is 15.6 Å². The number of sulfone groups is 1. The average molecular weight is 312 g/mol. The Morgan fingerprint density at radius 2 is 1.86 bits per heavy atom. The summed E-state index contributed by atoms with van der Waals surface area (Å²) in [6.45, 7) is 4.96. The van der Waals surface area contributed by atoms with Gasteiger partial charge in [-0.15, -0.1) is 0 Å². The van der Waals surface area contributed by atoms with E-state index >= 15 is 0 Å². The smallest absolute Gasteiger partial charge is 0.306 e. The number of methoxy groups -OCH3 is 1. The van der Waals surface area contributed by atoms with Crippen LogP contribution in [0.2, 0.25) is 0 Å². The van der Waals surface area contributed by atoms with E-state index in [2.05, 4.69) is 4.74 Å². The summed E-state index contributed by atoms with van der Waals surface area (Å²) in [5.41, 5.74) is 2.04. The van der Waals surface area contributed by atoms with E-state index in [0.29, 0.717) is 5.56 Å². The van der Waals surface area contributed by atoms with Gasteiger partial charge in [-0.25, -0.2) is 8.42 Å². The molecule has 6 heteroatoms. The monoisotopic (exact) mass is 312 g/mol. The first-order valence-electron chi connectivity index (χ1n) is 6.59. The van der Waals surface area contributed by atoms with Crippen LogP contribution in [-0.2, 0) is 19.4 Å². The Morgan fingerprint density at radius 1 is 1.24 bits per heavy atom. The summed E-state index contributed by atoms with van der Waals surface area (Å²) < 4.78 is 28.7. The molecule has 0 aliphatic heterocycles. The maximum atomic E-state index is 12.4. The topological polar surface area (TPSA) is 77.5 Å². The second-order valence-electron chi connectivity index (χ2n) is 5.02. The number of hydrogen-bond acceptors (Lipinski definition) is 5. The zero-order valence-corrected chi connectivity index (χ0v) is 13.5. The van der Waals surface area contributed by atoms with E-state index in [-0.39, 0.29) is 6.42 Å². The van der Waals surface area contributed by atoms with Gasteiger partial charge in [0.2, 0.25) is 0 Å². The first-order chi connectivity index (χ1) is 9.69. The van der Waals surface area contributed by atoms with Crippen LogP contribution in [0.5, 0.6) is 0 Å². The van der Waals surface area contributed by atoms with E-state index in [1.54, 1.807) is 19.1 Å². The van der Waals surface area contributed by atoms with Crippen LogP contribution in [0.4, 0.5) is 0 Å². The average Bonchev–Trinajstić information content (AvgIpc) is 2.45. The van der Waals surface area contributed by atoms with Crippen LogP contribution in [0.25, 0.3) is 0 Å². The van der Waals surface area contributed by atoms with Crippen LogP contribution < -0.4 is 0 Å². The van der Waals surface area contributed by atoms with Crippen molar-refractivity contribution in [3.05, 3.63) is 34.9 Å². The Morgan fingerprint density at radius 3 is 2.43 bits per heavy atom. The van der Waals surface area contributed by atoms with E-state index in [9.17, 15) is 18.0 Å². The molecule has 1 atom stereocenters. The number of hydrogen-bond donors (Lipinski definition) is 0. The molecular formula is C15H20O5S. The van der Waals surface area contributed by atoms with Crippen LogP contribution in [0.3, 0.4) is 0 Å². The normalized spacial score (nSPS) is 12.8. The Balaban J connectivity index is 2.96. The van der Waals surface area contributed by atoms with E-state index in [1.807, 2.05) is 13.0 Å². The van der Waals surface area contributed by atoms with Gasteiger partial charge in [-0.05, 0) is 32.4 Å². The molecule has 0 aromatic heterocycles. The lowest BCUT2D eigenvalue weighted by Crippen LogP contribution is -2.31. The molecule has 0 radical (unpaired) electrons. The molecule has 116 valence electrons. The van der Waals surface area contributed by atoms with E-state index in [0.717, 1.165) is 11.1 Å². The third-order valence-electron chi connectivity index (χ3n) is 3.38. The van der Waals surface area contributed by atoms with Crippen molar-refractivity contribution in [1.82, 2.24) is 0 Å². The Hall–Kier alpha value is -1.69. The molecule has 0 aliphatic carbocycles. The molecule has 0 fully saturated rings. The third-order valence-corrected chi connectivity index (χ3v) is 5.45. The summed E-state index contributed by atoms with van der Waals surface area (Å²) in [4.78, 5) is 23.4. The second-order valence-corrected chi connectivity index (χ2v) is 7.46. The Kier molecular flexibility index (Phi) is 5.66. The lowest BCUT2D eigenvalue weighted by molar-refractivity contribution is -0.140. The molecule has 21 heavy (non-hydrogen) atoms. The lowest BCUT2D eigenvalue weighted by atomic mass is 10.0. The van der Waals surface area contributed by atoms with E-state index in [1.165, 1.54) is 14.0 Å². The highest BCUT2D eigenvalue weighted by Gasteiger charge is 2.30. The molecule has 0 amide bonds. The minimum Gasteiger partial charge on any atom is -0.469 e. The van der Waals surface area contributed by atoms with Gasteiger partial charge < -0.3 is 4.74 Å². The summed E-state index contributed by atoms with van der Waals surface area (Å²) in [7, 11) is -2.50. The highest BCUT2D eigenvalue weighted by atomic mass is 32.2. The number of aryl methyl sites for hydroxylation is 2. The molecule has 0 aliphatic rings. The second kappa shape index (κ2) is 6.85. The number of carbonyl (C=O) groups excluding carboxylic acids is 2. The minimum absolute atomic E-state index is 0.247. The van der Waals surface area contributed by atoms with Crippen molar-refractivity contribution in [2.75, 3.05) is 12.9 Å². The maximum absolute atomic E-state index is 12.4. The van der Waals surface area contributed by atoms with Gasteiger partial charge in [0.05, 0.1) is 19.3 Å². The lowest BCUT2D eigenvalue weighted by Gasteiger charge is -2.13. The highest BCUT2D eigenvalue weighted by Crippen LogP contribution is 2.17. The van der Waals surface area contributed by atoms with Crippen LogP contribution in [0.1, 0.15) is 34.8 Å².